The standard InChI is InChI=1S/C15H17FN2O2/c1-4-12-13(6-5-9(2)18-12)20-14-8-15(19-3)11(17)7-10(14)16/h5-8H,4,17H2,1-3H3. The van der Waals surface area contributed by atoms with Crippen LogP contribution in [-0.2, 0) is 6.42 Å². The zero-order chi connectivity index (χ0) is 14.7. The van der Waals surface area contributed by atoms with Gasteiger partial charge in [-0.2, -0.15) is 0 Å². The monoisotopic (exact) mass is 276 g/mol. The Labute approximate surface area is 117 Å². The van der Waals surface area contributed by atoms with Crippen LogP contribution in [0.5, 0.6) is 17.2 Å². The van der Waals surface area contributed by atoms with E-state index in [1.54, 1.807) is 6.07 Å². The number of ether oxygens (including phenoxy) is 2. The Bertz CT molecular complexity index is 630. The van der Waals surface area contributed by atoms with Gasteiger partial charge < -0.3 is 15.2 Å². The highest BCUT2D eigenvalue weighted by Gasteiger charge is 2.13. The molecular formula is C15H17FN2O2. The number of benzene rings is 1. The van der Waals surface area contributed by atoms with Crippen LogP contribution in [0.2, 0.25) is 0 Å². The lowest BCUT2D eigenvalue weighted by Gasteiger charge is -2.13. The SMILES string of the molecule is CCc1nc(C)ccc1Oc1cc(OC)c(N)cc1F. The smallest absolute Gasteiger partial charge is 0.168 e. The number of nitrogens with zero attached hydrogens (tertiary/aromatic N) is 1. The van der Waals surface area contributed by atoms with Crippen molar-refractivity contribution >= 4 is 5.69 Å². The maximum absolute atomic E-state index is 13.9. The summed E-state index contributed by atoms with van der Waals surface area (Å²) in [5, 5.41) is 0. The van der Waals surface area contributed by atoms with Crippen molar-refractivity contribution in [2.45, 2.75) is 20.3 Å². The summed E-state index contributed by atoms with van der Waals surface area (Å²) in [6, 6.07) is 6.22. The number of rotatable bonds is 4. The third kappa shape index (κ3) is 2.82. The van der Waals surface area contributed by atoms with E-state index >= 15 is 0 Å². The minimum atomic E-state index is -0.536. The van der Waals surface area contributed by atoms with Crippen molar-refractivity contribution in [1.29, 1.82) is 0 Å². The first-order valence-corrected chi connectivity index (χ1v) is 6.32. The lowest BCUT2D eigenvalue weighted by atomic mass is 10.2. The van der Waals surface area contributed by atoms with Gasteiger partial charge in [0.25, 0.3) is 0 Å². The molecule has 0 radical (unpaired) electrons. The molecule has 0 bridgehead atoms. The summed E-state index contributed by atoms with van der Waals surface area (Å²) in [6.45, 7) is 3.87. The summed E-state index contributed by atoms with van der Waals surface area (Å²) in [5.74, 6) is 0.436. The predicted octanol–water partition coefficient (Wildman–Crippen LogP) is 3.47. The van der Waals surface area contributed by atoms with Gasteiger partial charge in [-0.25, -0.2) is 4.39 Å². The number of hydrogen-bond donors (Lipinski definition) is 1. The van der Waals surface area contributed by atoms with Gasteiger partial charge in [-0.05, 0) is 25.5 Å². The number of nitrogen functional groups attached to an aromatic ring is 1. The van der Waals surface area contributed by atoms with Crippen molar-refractivity contribution in [3.05, 3.63) is 41.5 Å². The normalized spacial score (nSPS) is 10.4. The molecule has 1 aromatic carbocycles. The molecule has 0 saturated heterocycles. The van der Waals surface area contributed by atoms with Crippen molar-refractivity contribution in [2.24, 2.45) is 0 Å². The molecule has 1 heterocycles. The first-order valence-electron chi connectivity index (χ1n) is 6.32. The van der Waals surface area contributed by atoms with Crippen LogP contribution in [-0.4, -0.2) is 12.1 Å². The fourth-order valence-corrected chi connectivity index (χ4v) is 1.87. The first kappa shape index (κ1) is 14.1. The Morgan fingerprint density at radius 3 is 2.60 bits per heavy atom. The fourth-order valence-electron chi connectivity index (χ4n) is 1.87. The van der Waals surface area contributed by atoms with Gasteiger partial charge in [0.05, 0.1) is 18.5 Å². The zero-order valence-electron chi connectivity index (χ0n) is 11.7. The highest BCUT2D eigenvalue weighted by atomic mass is 19.1. The lowest BCUT2D eigenvalue weighted by Crippen LogP contribution is -1.99. The average molecular weight is 276 g/mol. The van der Waals surface area contributed by atoms with Crippen LogP contribution in [0.1, 0.15) is 18.3 Å². The molecule has 20 heavy (non-hydrogen) atoms. The molecule has 106 valence electrons. The molecule has 1 aromatic heterocycles. The third-order valence-corrected chi connectivity index (χ3v) is 2.91. The highest BCUT2D eigenvalue weighted by molar-refractivity contribution is 5.56. The second kappa shape index (κ2) is 5.77. The summed E-state index contributed by atoms with van der Waals surface area (Å²) in [5.41, 5.74) is 7.54. The third-order valence-electron chi connectivity index (χ3n) is 2.91. The van der Waals surface area contributed by atoms with Crippen LogP contribution in [0.4, 0.5) is 10.1 Å². The second-order valence-corrected chi connectivity index (χ2v) is 4.38. The Morgan fingerprint density at radius 2 is 1.95 bits per heavy atom. The molecule has 0 saturated carbocycles. The van der Waals surface area contributed by atoms with Crippen molar-refractivity contribution < 1.29 is 13.9 Å². The number of halogens is 1. The van der Waals surface area contributed by atoms with Crippen molar-refractivity contribution in [2.75, 3.05) is 12.8 Å². The van der Waals surface area contributed by atoms with E-state index in [4.69, 9.17) is 15.2 Å². The van der Waals surface area contributed by atoms with E-state index in [0.717, 1.165) is 11.4 Å². The molecule has 0 unspecified atom stereocenters. The minimum absolute atomic E-state index is 0.0661. The Morgan fingerprint density at radius 1 is 1.20 bits per heavy atom. The maximum atomic E-state index is 13.9. The van der Waals surface area contributed by atoms with E-state index in [2.05, 4.69) is 4.98 Å². The second-order valence-electron chi connectivity index (χ2n) is 4.38. The van der Waals surface area contributed by atoms with Crippen LogP contribution in [0.25, 0.3) is 0 Å². The van der Waals surface area contributed by atoms with Crippen LogP contribution < -0.4 is 15.2 Å². The summed E-state index contributed by atoms with van der Waals surface area (Å²) in [7, 11) is 1.47. The molecular weight excluding hydrogens is 259 g/mol. The van der Waals surface area contributed by atoms with E-state index in [1.807, 2.05) is 19.9 Å². The number of methoxy groups -OCH3 is 1. The van der Waals surface area contributed by atoms with Crippen LogP contribution in [0, 0.1) is 12.7 Å². The van der Waals surface area contributed by atoms with E-state index in [0.29, 0.717) is 17.9 Å². The summed E-state index contributed by atoms with van der Waals surface area (Å²) >= 11 is 0. The first-order chi connectivity index (χ1) is 9.55. The van der Waals surface area contributed by atoms with Crippen LogP contribution >= 0.6 is 0 Å². The lowest BCUT2D eigenvalue weighted by molar-refractivity contribution is 0.401. The van der Waals surface area contributed by atoms with Gasteiger partial charge in [-0.3, -0.25) is 4.98 Å². The van der Waals surface area contributed by atoms with Crippen molar-refractivity contribution in [3.63, 3.8) is 0 Å². The molecule has 0 atom stereocenters. The zero-order valence-corrected chi connectivity index (χ0v) is 11.7. The largest absolute Gasteiger partial charge is 0.494 e. The van der Waals surface area contributed by atoms with Gasteiger partial charge >= 0.3 is 0 Å². The van der Waals surface area contributed by atoms with Crippen molar-refractivity contribution in [1.82, 2.24) is 4.98 Å². The van der Waals surface area contributed by atoms with E-state index < -0.39 is 5.82 Å². The summed E-state index contributed by atoms with van der Waals surface area (Å²) in [6.07, 6.45) is 0.699. The molecule has 0 aliphatic heterocycles. The predicted molar refractivity (Wildman–Crippen MR) is 75.8 cm³/mol. The number of nitrogens with two attached hydrogens (primary N) is 1. The molecule has 0 amide bonds. The van der Waals surface area contributed by atoms with Gasteiger partial charge in [-0.1, -0.05) is 6.92 Å². The Balaban J connectivity index is 2.39. The number of aromatic nitrogens is 1. The fraction of sp³-hybridized carbons (Fsp3) is 0.267. The molecule has 2 aromatic rings. The summed E-state index contributed by atoms with van der Waals surface area (Å²) in [4.78, 5) is 4.37. The van der Waals surface area contributed by atoms with E-state index in [9.17, 15) is 4.39 Å². The number of aryl methyl sites for hydroxylation is 2. The van der Waals surface area contributed by atoms with Gasteiger partial charge in [0.1, 0.15) is 11.5 Å². The van der Waals surface area contributed by atoms with Gasteiger partial charge in [0.2, 0.25) is 0 Å². The maximum Gasteiger partial charge on any atom is 0.168 e. The molecule has 0 aliphatic carbocycles. The highest BCUT2D eigenvalue weighted by Crippen LogP contribution is 2.33. The quantitative estimate of drug-likeness (QED) is 0.869. The molecule has 2 rings (SSSR count). The van der Waals surface area contributed by atoms with Crippen LogP contribution in [0.15, 0.2) is 24.3 Å². The topological polar surface area (TPSA) is 57.4 Å². The van der Waals surface area contributed by atoms with Gasteiger partial charge in [0, 0.05) is 17.8 Å². The van der Waals surface area contributed by atoms with E-state index in [1.165, 1.54) is 19.2 Å². The Kier molecular flexibility index (Phi) is 4.08. The molecule has 0 aliphatic rings. The molecule has 0 fully saturated rings. The Hall–Kier alpha value is -2.30. The van der Waals surface area contributed by atoms with Crippen molar-refractivity contribution in [3.8, 4) is 17.2 Å². The number of anilines is 1. The van der Waals surface area contributed by atoms with Gasteiger partial charge in [0.15, 0.2) is 11.6 Å². The molecule has 5 heteroatoms. The van der Waals surface area contributed by atoms with E-state index in [-0.39, 0.29) is 11.4 Å². The molecule has 2 N–H and O–H groups in total. The number of hydrogen-bond acceptors (Lipinski definition) is 4. The average Bonchev–Trinajstić information content (AvgIpc) is 2.43. The van der Waals surface area contributed by atoms with Crippen LogP contribution in [0.3, 0.4) is 0 Å². The molecule has 0 spiro atoms. The minimum Gasteiger partial charge on any atom is -0.494 e. The molecule has 4 nitrogen and oxygen atoms in total. The summed E-state index contributed by atoms with van der Waals surface area (Å²) < 4.78 is 24.6. The number of pyridine rings is 1. The van der Waals surface area contributed by atoms with Gasteiger partial charge in [-0.15, -0.1) is 0 Å².